The van der Waals surface area contributed by atoms with E-state index in [9.17, 15) is 13.2 Å². The fourth-order valence-electron chi connectivity index (χ4n) is 1.55. The number of hydrogen-bond acceptors (Lipinski definition) is 4. The molecule has 0 fully saturated rings. The molecule has 1 rings (SSSR count). The number of alkyl halides is 3. The molecule has 0 radical (unpaired) electrons. The number of nitrogens with one attached hydrogen (secondary N) is 1. The zero-order valence-corrected chi connectivity index (χ0v) is 10.8. The molecule has 0 aliphatic carbocycles. The molecule has 4 nitrogen and oxygen atoms in total. The van der Waals surface area contributed by atoms with E-state index in [0.29, 0.717) is 12.3 Å². The smallest absolute Gasteiger partial charge is 0.411 e. The first-order valence-electron chi connectivity index (χ1n) is 5.83. The normalized spacial score (nSPS) is 13.3. The standard InChI is InChI=1S/C12H17F3N2O2/c1-3-17-11(7-19-8-12(13,14)15)9-4-10(18-2)6-16-5-9/h4-6,11,17H,3,7-8H2,1-2H3. The van der Waals surface area contributed by atoms with Crippen molar-refractivity contribution in [2.75, 3.05) is 26.9 Å². The minimum atomic E-state index is -4.32. The Hall–Kier alpha value is -1.34. The number of methoxy groups -OCH3 is 1. The Bertz CT molecular complexity index is 385. The fourth-order valence-corrected chi connectivity index (χ4v) is 1.55. The van der Waals surface area contributed by atoms with E-state index in [1.54, 1.807) is 12.3 Å². The molecule has 0 saturated heterocycles. The van der Waals surface area contributed by atoms with E-state index in [4.69, 9.17) is 4.74 Å². The molecule has 1 aromatic rings. The highest BCUT2D eigenvalue weighted by atomic mass is 19.4. The molecule has 0 amide bonds. The molecule has 0 aliphatic rings. The van der Waals surface area contributed by atoms with Gasteiger partial charge in [0.2, 0.25) is 0 Å². The first kappa shape index (κ1) is 15.7. The topological polar surface area (TPSA) is 43.4 Å². The molecule has 1 heterocycles. The van der Waals surface area contributed by atoms with E-state index in [1.807, 2.05) is 6.92 Å². The maximum Gasteiger partial charge on any atom is 0.411 e. The first-order chi connectivity index (χ1) is 8.96. The van der Waals surface area contributed by atoms with Gasteiger partial charge in [-0.15, -0.1) is 0 Å². The summed E-state index contributed by atoms with van der Waals surface area (Å²) in [6.07, 6.45) is -1.21. The van der Waals surface area contributed by atoms with Gasteiger partial charge in [0.25, 0.3) is 0 Å². The highest BCUT2D eigenvalue weighted by Crippen LogP contribution is 2.20. The molecule has 0 saturated carbocycles. The zero-order valence-electron chi connectivity index (χ0n) is 10.8. The Morgan fingerprint density at radius 2 is 2.11 bits per heavy atom. The Morgan fingerprint density at radius 1 is 1.37 bits per heavy atom. The van der Waals surface area contributed by atoms with Gasteiger partial charge in [0.05, 0.1) is 26.0 Å². The molecule has 19 heavy (non-hydrogen) atoms. The summed E-state index contributed by atoms with van der Waals surface area (Å²) in [7, 11) is 1.50. The van der Waals surface area contributed by atoms with Crippen LogP contribution < -0.4 is 10.1 Å². The Morgan fingerprint density at radius 3 is 2.68 bits per heavy atom. The number of rotatable bonds is 7. The molecule has 1 N–H and O–H groups in total. The average Bonchev–Trinajstić information content (AvgIpc) is 2.36. The third-order valence-corrected chi connectivity index (χ3v) is 2.37. The first-order valence-corrected chi connectivity index (χ1v) is 5.83. The average molecular weight is 278 g/mol. The van der Waals surface area contributed by atoms with E-state index < -0.39 is 12.8 Å². The number of nitrogens with zero attached hydrogens (tertiary/aromatic N) is 1. The van der Waals surface area contributed by atoms with Crippen LogP contribution in [0.1, 0.15) is 18.5 Å². The molecule has 108 valence electrons. The molecule has 0 bridgehead atoms. The third-order valence-electron chi connectivity index (χ3n) is 2.37. The van der Waals surface area contributed by atoms with Gasteiger partial charge in [-0.05, 0) is 18.2 Å². The van der Waals surface area contributed by atoms with Crippen LogP contribution in [0.2, 0.25) is 0 Å². The summed E-state index contributed by atoms with van der Waals surface area (Å²) in [5.41, 5.74) is 0.725. The number of ether oxygens (including phenoxy) is 2. The SMILES string of the molecule is CCNC(COCC(F)(F)F)c1cncc(OC)c1. The van der Waals surface area contributed by atoms with E-state index in [2.05, 4.69) is 15.0 Å². The van der Waals surface area contributed by atoms with E-state index in [0.717, 1.165) is 5.56 Å². The van der Waals surface area contributed by atoms with Gasteiger partial charge in [0, 0.05) is 6.20 Å². The summed E-state index contributed by atoms with van der Waals surface area (Å²) in [6, 6.07) is 1.37. The van der Waals surface area contributed by atoms with Crippen LogP contribution >= 0.6 is 0 Å². The van der Waals surface area contributed by atoms with Crippen molar-refractivity contribution in [1.29, 1.82) is 0 Å². The van der Waals surface area contributed by atoms with Crippen LogP contribution in [0.5, 0.6) is 5.75 Å². The van der Waals surface area contributed by atoms with Crippen molar-refractivity contribution in [2.24, 2.45) is 0 Å². The monoisotopic (exact) mass is 278 g/mol. The second-order valence-electron chi connectivity index (χ2n) is 3.90. The van der Waals surface area contributed by atoms with Crippen LogP contribution in [0, 0.1) is 0 Å². The Balaban J connectivity index is 2.65. The maximum atomic E-state index is 12.0. The van der Waals surface area contributed by atoms with E-state index in [-0.39, 0.29) is 12.6 Å². The van der Waals surface area contributed by atoms with Gasteiger partial charge in [-0.1, -0.05) is 6.92 Å². The van der Waals surface area contributed by atoms with Gasteiger partial charge < -0.3 is 14.8 Å². The molecule has 0 aromatic carbocycles. The van der Waals surface area contributed by atoms with Crippen LogP contribution in [0.25, 0.3) is 0 Å². The molecule has 1 atom stereocenters. The predicted octanol–water partition coefficient (Wildman–Crippen LogP) is 2.32. The van der Waals surface area contributed by atoms with Crippen molar-refractivity contribution < 1.29 is 22.6 Å². The van der Waals surface area contributed by atoms with Crippen LogP contribution in [0.3, 0.4) is 0 Å². The molecule has 7 heteroatoms. The summed E-state index contributed by atoms with van der Waals surface area (Å²) in [6.45, 7) is 1.14. The third kappa shape index (κ3) is 5.89. The quantitative estimate of drug-likeness (QED) is 0.831. The van der Waals surface area contributed by atoms with E-state index in [1.165, 1.54) is 13.3 Å². The molecule has 0 aliphatic heterocycles. The van der Waals surface area contributed by atoms with Crippen molar-refractivity contribution in [2.45, 2.75) is 19.1 Å². The minimum absolute atomic E-state index is 0.0812. The summed E-state index contributed by atoms with van der Waals surface area (Å²) in [4.78, 5) is 3.97. The van der Waals surface area contributed by atoms with Gasteiger partial charge in [-0.25, -0.2) is 0 Å². The lowest BCUT2D eigenvalue weighted by Gasteiger charge is -2.19. The minimum Gasteiger partial charge on any atom is -0.495 e. The van der Waals surface area contributed by atoms with Crippen LogP contribution in [-0.2, 0) is 4.74 Å². The molecule has 1 unspecified atom stereocenters. The van der Waals surface area contributed by atoms with Crippen LogP contribution in [0.4, 0.5) is 13.2 Å². The highest BCUT2D eigenvalue weighted by molar-refractivity contribution is 5.26. The van der Waals surface area contributed by atoms with Crippen molar-refractivity contribution in [3.63, 3.8) is 0 Å². The van der Waals surface area contributed by atoms with Crippen molar-refractivity contribution >= 4 is 0 Å². The van der Waals surface area contributed by atoms with Gasteiger partial charge in [0.15, 0.2) is 0 Å². The number of pyridine rings is 1. The number of likely N-dealkylation sites (N-methyl/N-ethyl adjacent to an activating group) is 1. The Labute approximate surface area is 109 Å². The molecule has 1 aromatic heterocycles. The Kier molecular flexibility index (Phi) is 6.04. The van der Waals surface area contributed by atoms with Gasteiger partial charge in [-0.2, -0.15) is 13.2 Å². The molecule has 0 spiro atoms. The fraction of sp³-hybridized carbons (Fsp3) is 0.583. The van der Waals surface area contributed by atoms with E-state index >= 15 is 0 Å². The second-order valence-corrected chi connectivity index (χ2v) is 3.90. The number of aromatic nitrogens is 1. The van der Waals surface area contributed by atoms with Gasteiger partial charge in [0.1, 0.15) is 12.4 Å². The summed E-state index contributed by atoms with van der Waals surface area (Å²) in [5, 5.41) is 3.05. The van der Waals surface area contributed by atoms with Crippen molar-refractivity contribution in [3.8, 4) is 5.75 Å². The molecular formula is C12H17F3N2O2. The van der Waals surface area contributed by atoms with Crippen LogP contribution in [-0.4, -0.2) is 38.0 Å². The largest absolute Gasteiger partial charge is 0.495 e. The summed E-state index contributed by atoms with van der Waals surface area (Å²) in [5.74, 6) is 0.552. The maximum absolute atomic E-state index is 12.0. The van der Waals surface area contributed by atoms with Gasteiger partial charge in [-0.3, -0.25) is 4.98 Å². The number of halogens is 3. The van der Waals surface area contributed by atoms with Gasteiger partial charge >= 0.3 is 6.18 Å². The second kappa shape index (κ2) is 7.30. The predicted molar refractivity (Wildman–Crippen MR) is 64.1 cm³/mol. The lowest BCUT2D eigenvalue weighted by Crippen LogP contribution is -2.28. The van der Waals surface area contributed by atoms with Crippen LogP contribution in [0.15, 0.2) is 18.5 Å². The van der Waals surface area contributed by atoms with Crippen molar-refractivity contribution in [3.05, 3.63) is 24.0 Å². The number of hydrogen-bond donors (Lipinski definition) is 1. The molecular weight excluding hydrogens is 261 g/mol. The highest BCUT2D eigenvalue weighted by Gasteiger charge is 2.28. The summed E-state index contributed by atoms with van der Waals surface area (Å²) < 4.78 is 45.8. The zero-order chi connectivity index (χ0) is 14.3. The summed E-state index contributed by atoms with van der Waals surface area (Å²) >= 11 is 0. The lowest BCUT2D eigenvalue weighted by atomic mass is 10.1. The van der Waals surface area contributed by atoms with Crippen molar-refractivity contribution in [1.82, 2.24) is 10.3 Å². The lowest BCUT2D eigenvalue weighted by molar-refractivity contribution is -0.175.